The van der Waals surface area contributed by atoms with E-state index in [1.54, 1.807) is 32.0 Å². The first kappa shape index (κ1) is 26.5. The van der Waals surface area contributed by atoms with Crippen LogP contribution in [0.2, 0.25) is 0 Å². The lowest BCUT2D eigenvalue weighted by atomic mass is 10.1. The Labute approximate surface area is 200 Å². The number of hydrogen-bond acceptors (Lipinski definition) is 4. The summed E-state index contributed by atoms with van der Waals surface area (Å²) in [4.78, 5) is 11.8. The zero-order valence-corrected chi connectivity index (χ0v) is 19.3. The molecule has 3 aromatic rings. The smallest absolute Gasteiger partial charge is 0.449 e. The first-order valence-electron chi connectivity index (χ1n) is 10.3. The van der Waals surface area contributed by atoms with Crippen LogP contribution in [-0.4, -0.2) is 17.2 Å². The molecule has 3 rings (SSSR count). The van der Waals surface area contributed by atoms with Crippen molar-refractivity contribution in [3.05, 3.63) is 71.0 Å². The van der Waals surface area contributed by atoms with Crippen molar-refractivity contribution in [1.29, 1.82) is 0 Å². The molecule has 2 aromatic carbocycles. The van der Waals surface area contributed by atoms with Crippen LogP contribution in [0.5, 0.6) is 5.75 Å². The number of carboxylic acid groups (broad SMARTS) is 1. The Morgan fingerprint density at radius 2 is 1.69 bits per heavy atom. The second kappa shape index (κ2) is 10.3. The largest absolute Gasteiger partial charge is 0.479 e. The topological polar surface area (TPSA) is 59.7 Å². The summed E-state index contributed by atoms with van der Waals surface area (Å²) in [6, 6.07) is 9.66. The van der Waals surface area contributed by atoms with Crippen LogP contribution in [0.3, 0.4) is 0 Å². The summed E-state index contributed by atoms with van der Waals surface area (Å²) in [5.41, 5.74) is -0.382. The molecule has 0 radical (unpaired) electrons. The highest BCUT2D eigenvalue weighted by Crippen LogP contribution is 2.40. The van der Waals surface area contributed by atoms with Gasteiger partial charge in [0.05, 0.1) is 5.56 Å². The van der Waals surface area contributed by atoms with E-state index in [0.29, 0.717) is 16.2 Å². The Morgan fingerprint density at radius 1 is 1.03 bits per heavy atom. The second-order valence-electron chi connectivity index (χ2n) is 7.61. The molecular weight excluding hydrogens is 498 g/mol. The molecule has 1 aromatic heterocycles. The quantitative estimate of drug-likeness (QED) is 0.243. The first-order chi connectivity index (χ1) is 16.3. The van der Waals surface area contributed by atoms with Gasteiger partial charge in [-0.25, -0.2) is 4.79 Å². The van der Waals surface area contributed by atoms with Crippen LogP contribution in [0.15, 0.2) is 57.8 Å². The molecule has 1 N–H and O–H groups in total. The average molecular weight is 518 g/mol. The summed E-state index contributed by atoms with van der Waals surface area (Å²) >= 11 is 1.09. The number of hydrogen-bond donors (Lipinski definition) is 1. The maximum Gasteiger partial charge on any atom is 0.449 e. The summed E-state index contributed by atoms with van der Waals surface area (Å²) in [5.74, 6) is -2.28. The number of alkyl halides is 6. The number of aliphatic carboxylic acids is 1. The Bertz CT molecular complexity index is 1180. The van der Waals surface area contributed by atoms with Crippen molar-refractivity contribution >= 4 is 17.7 Å². The lowest BCUT2D eigenvalue weighted by Gasteiger charge is -2.15. The Hall–Kier alpha value is -3.08. The lowest BCUT2D eigenvalue weighted by molar-refractivity contribution is -0.153. The molecule has 0 spiro atoms. The molecule has 1 unspecified atom stereocenters. The van der Waals surface area contributed by atoms with Gasteiger partial charge in [-0.3, -0.25) is 0 Å². The van der Waals surface area contributed by atoms with Crippen molar-refractivity contribution in [2.24, 2.45) is 0 Å². The number of halogens is 6. The van der Waals surface area contributed by atoms with E-state index >= 15 is 0 Å². The third-order valence-electron chi connectivity index (χ3n) is 5.02. The fraction of sp³-hybridized carbons (Fsp3) is 0.292. The normalized spacial score (nSPS) is 13.0. The van der Waals surface area contributed by atoms with Crippen LogP contribution in [0.4, 0.5) is 26.3 Å². The van der Waals surface area contributed by atoms with E-state index in [4.69, 9.17) is 14.3 Å². The van der Waals surface area contributed by atoms with E-state index in [1.807, 2.05) is 0 Å². The molecule has 1 atom stereocenters. The number of thioether (sulfide) groups is 1. The van der Waals surface area contributed by atoms with Crippen LogP contribution in [0.1, 0.15) is 35.8 Å². The fourth-order valence-corrected chi connectivity index (χ4v) is 4.17. The van der Waals surface area contributed by atoms with Gasteiger partial charge in [0.1, 0.15) is 11.5 Å². The number of aryl methyl sites for hydroxylation is 1. The van der Waals surface area contributed by atoms with Crippen LogP contribution in [-0.2, 0) is 22.9 Å². The molecular formula is C24H20F6O4S. The molecule has 0 aliphatic heterocycles. The van der Waals surface area contributed by atoms with Gasteiger partial charge in [-0.1, -0.05) is 19.1 Å². The molecule has 0 bridgehead atoms. The lowest BCUT2D eigenvalue weighted by Crippen LogP contribution is -2.26. The van der Waals surface area contributed by atoms with Gasteiger partial charge in [-0.15, -0.1) is 11.8 Å². The number of furan rings is 1. The minimum Gasteiger partial charge on any atom is -0.479 e. The molecule has 4 nitrogen and oxygen atoms in total. The average Bonchev–Trinajstić information content (AvgIpc) is 3.21. The predicted molar refractivity (Wildman–Crippen MR) is 117 cm³/mol. The van der Waals surface area contributed by atoms with Gasteiger partial charge < -0.3 is 14.3 Å². The zero-order valence-electron chi connectivity index (χ0n) is 18.5. The molecule has 188 valence electrons. The number of ether oxygens (including phenoxy) is 1. The standard InChI is InChI=1S/C24H20F6O4S/c1-3-18(22(31)32)33-19-9-8-17(10-13(19)2)35-12-15-11-20(34-21(15)24(28,29)30)14-4-6-16(7-5-14)23(25,26)27/h4-11,18H,3,12H2,1-2H3,(H,31,32). The Balaban J connectivity index is 1.81. The summed E-state index contributed by atoms with van der Waals surface area (Å²) in [5, 5.41) is 9.14. The SMILES string of the molecule is CCC(Oc1ccc(SCc2cc(-c3ccc(C(F)(F)F)cc3)oc2C(F)(F)F)cc1C)C(=O)O. The van der Waals surface area contributed by atoms with Gasteiger partial charge in [0.15, 0.2) is 6.10 Å². The van der Waals surface area contributed by atoms with Gasteiger partial charge in [0.2, 0.25) is 5.76 Å². The highest BCUT2D eigenvalue weighted by Gasteiger charge is 2.38. The maximum absolute atomic E-state index is 13.5. The van der Waals surface area contributed by atoms with E-state index in [-0.39, 0.29) is 29.1 Å². The predicted octanol–water partition coefficient (Wildman–Crippen LogP) is 7.83. The van der Waals surface area contributed by atoms with Crippen LogP contribution in [0.25, 0.3) is 11.3 Å². The van der Waals surface area contributed by atoms with Crippen LogP contribution in [0, 0.1) is 6.92 Å². The number of benzene rings is 2. The monoisotopic (exact) mass is 518 g/mol. The van der Waals surface area contributed by atoms with Crippen LogP contribution >= 0.6 is 11.8 Å². The molecule has 0 amide bonds. The molecule has 35 heavy (non-hydrogen) atoms. The fourth-order valence-electron chi connectivity index (χ4n) is 3.21. The van der Waals surface area contributed by atoms with Crippen molar-refractivity contribution in [3.63, 3.8) is 0 Å². The first-order valence-corrected chi connectivity index (χ1v) is 11.3. The van der Waals surface area contributed by atoms with Gasteiger partial charge in [-0.2, -0.15) is 26.3 Å². The summed E-state index contributed by atoms with van der Waals surface area (Å²) in [6.45, 7) is 3.36. The highest BCUT2D eigenvalue weighted by atomic mass is 32.2. The minimum atomic E-state index is -4.79. The van der Waals surface area contributed by atoms with Crippen molar-refractivity contribution in [2.75, 3.05) is 0 Å². The van der Waals surface area contributed by atoms with Crippen molar-refractivity contribution < 1.29 is 45.4 Å². The molecule has 0 fully saturated rings. The third kappa shape index (κ3) is 6.53. The van der Waals surface area contributed by atoms with Crippen molar-refractivity contribution in [3.8, 4) is 17.1 Å². The van der Waals surface area contributed by atoms with E-state index in [9.17, 15) is 31.1 Å². The molecule has 0 saturated carbocycles. The van der Waals surface area contributed by atoms with Gasteiger partial charge in [0, 0.05) is 21.8 Å². The molecule has 0 aliphatic rings. The maximum atomic E-state index is 13.5. The summed E-state index contributed by atoms with van der Waals surface area (Å²) in [6.07, 6.45) is -10.1. The third-order valence-corrected chi connectivity index (χ3v) is 6.06. The Morgan fingerprint density at radius 3 is 2.20 bits per heavy atom. The zero-order chi connectivity index (χ0) is 26.0. The molecule has 11 heteroatoms. The minimum absolute atomic E-state index is 0.0843. The number of rotatable bonds is 8. The number of carboxylic acids is 1. The molecule has 1 heterocycles. The van der Waals surface area contributed by atoms with Crippen LogP contribution < -0.4 is 4.74 Å². The highest BCUT2D eigenvalue weighted by molar-refractivity contribution is 7.98. The van der Waals surface area contributed by atoms with E-state index < -0.39 is 35.7 Å². The number of carbonyl (C=O) groups is 1. The Kier molecular flexibility index (Phi) is 7.78. The van der Waals surface area contributed by atoms with Gasteiger partial charge in [0.25, 0.3) is 0 Å². The summed E-state index contributed by atoms with van der Waals surface area (Å²) in [7, 11) is 0. The van der Waals surface area contributed by atoms with Gasteiger partial charge >= 0.3 is 18.3 Å². The second-order valence-corrected chi connectivity index (χ2v) is 8.66. The van der Waals surface area contributed by atoms with E-state index in [2.05, 4.69) is 0 Å². The molecule has 0 saturated heterocycles. The van der Waals surface area contributed by atoms with E-state index in [0.717, 1.165) is 36.0 Å². The van der Waals surface area contributed by atoms with Crippen molar-refractivity contribution in [2.45, 2.75) is 49.4 Å². The van der Waals surface area contributed by atoms with Gasteiger partial charge in [-0.05, 0) is 55.3 Å². The van der Waals surface area contributed by atoms with E-state index in [1.165, 1.54) is 6.07 Å². The van der Waals surface area contributed by atoms with Crippen molar-refractivity contribution in [1.82, 2.24) is 0 Å². The molecule has 0 aliphatic carbocycles. The summed E-state index contributed by atoms with van der Waals surface area (Å²) < 4.78 is 89.4.